The Hall–Kier alpha value is -2.63. The third-order valence-corrected chi connectivity index (χ3v) is 6.83. The van der Waals surface area contributed by atoms with Gasteiger partial charge in [0.05, 0.1) is 5.69 Å². The zero-order valence-corrected chi connectivity index (χ0v) is 16.4. The molecule has 2 saturated heterocycles. The topological polar surface area (TPSA) is 54.3 Å². The number of likely N-dealkylation sites (tertiary alicyclic amines) is 1. The van der Waals surface area contributed by atoms with Gasteiger partial charge in [-0.2, -0.15) is 5.10 Å². The van der Waals surface area contributed by atoms with Crippen LogP contribution in [0.2, 0.25) is 0 Å². The molecule has 3 unspecified atom stereocenters. The van der Waals surface area contributed by atoms with Gasteiger partial charge in [0.2, 0.25) is 5.91 Å². The SMILES string of the molecule is C=CC(=O)N1CCC(c2cnc(N3CC4CCC4C3)cc2-c2ccn(C)n2)C1. The lowest BCUT2D eigenvalue weighted by atomic mass is 9.77. The molecule has 2 aromatic heterocycles. The summed E-state index contributed by atoms with van der Waals surface area (Å²) in [7, 11) is 1.95. The minimum absolute atomic E-state index is 0.0130. The fourth-order valence-corrected chi connectivity index (χ4v) is 5.02. The Morgan fingerprint density at radius 2 is 2.00 bits per heavy atom. The van der Waals surface area contributed by atoms with Crippen LogP contribution >= 0.6 is 0 Å². The van der Waals surface area contributed by atoms with E-state index in [1.807, 2.05) is 29.0 Å². The summed E-state index contributed by atoms with van der Waals surface area (Å²) in [5.74, 6) is 3.08. The van der Waals surface area contributed by atoms with E-state index in [-0.39, 0.29) is 11.8 Å². The highest BCUT2D eigenvalue weighted by Gasteiger charge is 2.40. The Labute approximate surface area is 165 Å². The number of aryl methyl sites for hydroxylation is 1. The minimum atomic E-state index is 0.0130. The third-order valence-electron chi connectivity index (χ3n) is 6.83. The summed E-state index contributed by atoms with van der Waals surface area (Å²) in [6.07, 6.45) is 9.10. The Morgan fingerprint density at radius 1 is 1.21 bits per heavy atom. The average Bonchev–Trinajstić information content (AvgIpc) is 3.41. The number of rotatable bonds is 4. The van der Waals surface area contributed by atoms with Gasteiger partial charge in [-0.15, -0.1) is 0 Å². The molecule has 3 atom stereocenters. The van der Waals surface area contributed by atoms with Crippen molar-refractivity contribution < 1.29 is 4.79 Å². The van der Waals surface area contributed by atoms with Crippen molar-refractivity contribution in [1.29, 1.82) is 0 Å². The molecule has 0 bridgehead atoms. The van der Waals surface area contributed by atoms with Crippen LogP contribution in [0.15, 0.2) is 37.2 Å². The standard InChI is InChI=1S/C22H27N5O/c1-3-22(28)26-9-6-17(14-26)19-11-23-21(27-12-15-4-5-16(15)13-27)10-18(19)20-7-8-25(2)24-20/h3,7-8,10-11,15-17H,1,4-6,9,12-14H2,2H3. The van der Waals surface area contributed by atoms with Crippen molar-refractivity contribution in [3.05, 3.63) is 42.7 Å². The van der Waals surface area contributed by atoms with Crippen LogP contribution in [-0.4, -0.2) is 51.8 Å². The first-order chi connectivity index (χ1) is 13.6. The van der Waals surface area contributed by atoms with Crippen LogP contribution in [0.3, 0.4) is 0 Å². The van der Waals surface area contributed by atoms with E-state index in [0.717, 1.165) is 61.5 Å². The van der Waals surface area contributed by atoms with Gasteiger partial charge in [0, 0.05) is 57.1 Å². The molecule has 2 aliphatic heterocycles. The number of carbonyl (C=O) groups excluding carboxylic acids is 1. The zero-order valence-electron chi connectivity index (χ0n) is 16.4. The Morgan fingerprint density at radius 3 is 2.64 bits per heavy atom. The van der Waals surface area contributed by atoms with Gasteiger partial charge in [0.1, 0.15) is 5.82 Å². The molecule has 6 nitrogen and oxygen atoms in total. The number of amides is 1. The summed E-state index contributed by atoms with van der Waals surface area (Å²) >= 11 is 0. The molecular formula is C22H27N5O. The first-order valence-corrected chi connectivity index (χ1v) is 10.3. The number of fused-ring (bicyclic) bond motifs is 1. The molecule has 146 valence electrons. The van der Waals surface area contributed by atoms with Crippen LogP contribution < -0.4 is 4.90 Å². The number of hydrogen-bond acceptors (Lipinski definition) is 4. The fourth-order valence-electron chi connectivity index (χ4n) is 5.02. The van der Waals surface area contributed by atoms with Crippen molar-refractivity contribution in [2.24, 2.45) is 18.9 Å². The van der Waals surface area contributed by atoms with E-state index in [4.69, 9.17) is 4.98 Å². The molecular weight excluding hydrogens is 350 g/mol. The van der Waals surface area contributed by atoms with E-state index in [9.17, 15) is 4.79 Å². The molecule has 2 aromatic rings. The second-order valence-corrected chi connectivity index (χ2v) is 8.48. The molecule has 0 aromatic carbocycles. The number of anilines is 1. The lowest BCUT2D eigenvalue weighted by molar-refractivity contribution is -0.125. The first kappa shape index (κ1) is 17.5. The summed E-state index contributed by atoms with van der Waals surface area (Å²) < 4.78 is 1.84. The third kappa shape index (κ3) is 2.91. The maximum absolute atomic E-state index is 12.0. The van der Waals surface area contributed by atoms with Crippen molar-refractivity contribution in [3.8, 4) is 11.3 Å². The molecule has 1 aliphatic carbocycles. The van der Waals surface area contributed by atoms with Crippen LogP contribution in [0.25, 0.3) is 11.3 Å². The van der Waals surface area contributed by atoms with Gasteiger partial charge in [0.25, 0.3) is 0 Å². The zero-order chi connectivity index (χ0) is 19.3. The van der Waals surface area contributed by atoms with Gasteiger partial charge in [-0.1, -0.05) is 6.58 Å². The van der Waals surface area contributed by atoms with E-state index in [2.05, 4.69) is 28.7 Å². The molecule has 28 heavy (non-hydrogen) atoms. The number of hydrogen-bond donors (Lipinski definition) is 0. The highest BCUT2D eigenvalue weighted by Crippen LogP contribution is 2.43. The second kappa shape index (κ2) is 6.76. The number of carbonyl (C=O) groups is 1. The van der Waals surface area contributed by atoms with Crippen LogP contribution in [0, 0.1) is 11.8 Å². The van der Waals surface area contributed by atoms with Crippen LogP contribution in [0.1, 0.15) is 30.7 Å². The van der Waals surface area contributed by atoms with Gasteiger partial charge >= 0.3 is 0 Å². The fraction of sp³-hybridized carbons (Fsp3) is 0.500. The molecule has 3 aliphatic rings. The van der Waals surface area contributed by atoms with Crippen molar-refractivity contribution >= 4 is 11.7 Å². The average molecular weight is 377 g/mol. The molecule has 0 radical (unpaired) electrons. The molecule has 0 spiro atoms. The summed E-state index contributed by atoms with van der Waals surface area (Å²) in [5, 5.41) is 4.67. The lowest BCUT2D eigenvalue weighted by Gasteiger charge is -2.27. The van der Waals surface area contributed by atoms with Crippen LogP contribution in [-0.2, 0) is 11.8 Å². The van der Waals surface area contributed by atoms with Crippen molar-refractivity contribution in [1.82, 2.24) is 19.7 Å². The largest absolute Gasteiger partial charge is 0.356 e. The van der Waals surface area contributed by atoms with Gasteiger partial charge in [-0.05, 0) is 54.9 Å². The Kier molecular flexibility index (Phi) is 4.22. The van der Waals surface area contributed by atoms with Crippen LogP contribution in [0.5, 0.6) is 0 Å². The summed E-state index contributed by atoms with van der Waals surface area (Å²) in [6.45, 7) is 7.37. The van der Waals surface area contributed by atoms with Gasteiger partial charge in [-0.3, -0.25) is 9.48 Å². The minimum Gasteiger partial charge on any atom is -0.356 e. The predicted molar refractivity (Wildman–Crippen MR) is 109 cm³/mol. The molecule has 6 heteroatoms. The summed E-state index contributed by atoms with van der Waals surface area (Å²) in [5.41, 5.74) is 3.34. The predicted octanol–water partition coefficient (Wildman–Crippen LogP) is 2.83. The molecule has 5 rings (SSSR count). The van der Waals surface area contributed by atoms with Gasteiger partial charge in [-0.25, -0.2) is 4.98 Å². The Balaban J connectivity index is 1.48. The molecule has 4 heterocycles. The molecule has 1 saturated carbocycles. The number of pyridine rings is 1. The molecule has 1 amide bonds. The summed E-state index contributed by atoms with van der Waals surface area (Å²) in [4.78, 5) is 21.2. The number of nitrogens with zero attached hydrogens (tertiary/aromatic N) is 5. The maximum atomic E-state index is 12.0. The first-order valence-electron chi connectivity index (χ1n) is 10.3. The molecule has 3 fully saturated rings. The monoisotopic (exact) mass is 377 g/mol. The smallest absolute Gasteiger partial charge is 0.245 e. The van der Waals surface area contributed by atoms with Gasteiger partial charge < -0.3 is 9.80 Å². The van der Waals surface area contributed by atoms with Crippen molar-refractivity contribution in [2.75, 3.05) is 31.1 Å². The second-order valence-electron chi connectivity index (χ2n) is 8.48. The van der Waals surface area contributed by atoms with E-state index in [0.29, 0.717) is 0 Å². The van der Waals surface area contributed by atoms with Crippen molar-refractivity contribution in [3.63, 3.8) is 0 Å². The number of aromatic nitrogens is 3. The van der Waals surface area contributed by atoms with E-state index < -0.39 is 0 Å². The van der Waals surface area contributed by atoms with E-state index in [1.54, 1.807) is 0 Å². The highest BCUT2D eigenvalue weighted by atomic mass is 16.2. The molecule has 0 N–H and O–H groups in total. The normalized spacial score (nSPS) is 26.2. The maximum Gasteiger partial charge on any atom is 0.245 e. The van der Waals surface area contributed by atoms with E-state index in [1.165, 1.54) is 24.5 Å². The van der Waals surface area contributed by atoms with Crippen LogP contribution in [0.4, 0.5) is 5.82 Å². The van der Waals surface area contributed by atoms with Gasteiger partial charge in [0.15, 0.2) is 0 Å². The lowest BCUT2D eigenvalue weighted by Crippen LogP contribution is -2.26. The summed E-state index contributed by atoms with van der Waals surface area (Å²) in [6, 6.07) is 4.29. The quantitative estimate of drug-likeness (QED) is 0.769. The van der Waals surface area contributed by atoms with Crippen molar-refractivity contribution in [2.45, 2.75) is 25.2 Å². The Bertz CT molecular complexity index is 907. The van der Waals surface area contributed by atoms with E-state index >= 15 is 0 Å². The highest BCUT2D eigenvalue weighted by molar-refractivity contribution is 5.87.